The van der Waals surface area contributed by atoms with E-state index in [2.05, 4.69) is 0 Å². The molecule has 0 aliphatic heterocycles. The Kier molecular flexibility index (Phi) is 3.73. The maximum Gasteiger partial charge on any atom is 0.189 e. The van der Waals surface area contributed by atoms with E-state index in [0.717, 1.165) is 0 Å². The minimum atomic E-state index is -0.191. The third-order valence-electron chi connectivity index (χ3n) is 1.82. The molecule has 4 nitrogen and oxygen atoms in total. The first kappa shape index (κ1) is 10.8. The first-order valence-corrected chi connectivity index (χ1v) is 4.16. The van der Waals surface area contributed by atoms with Gasteiger partial charge in [0.2, 0.25) is 0 Å². The van der Waals surface area contributed by atoms with Gasteiger partial charge in [0.25, 0.3) is 0 Å². The van der Waals surface area contributed by atoms with E-state index < -0.39 is 0 Å². The first-order valence-electron chi connectivity index (χ1n) is 4.16. The van der Waals surface area contributed by atoms with Crippen LogP contribution in [0, 0.1) is 0 Å². The number of hydrogen-bond acceptors (Lipinski definition) is 4. The second-order valence-corrected chi connectivity index (χ2v) is 2.94. The normalized spacial score (nSPS) is 16.7. The lowest BCUT2D eigenvalue weighted by molar-refractivity contribution is -0.116. The summed E-state index contributed by atoms with van der Waals surface area (Å²) in [6.45, 7) is 0.317. The van der Waals surface area contributed by atoms with Crippen LogP contribution >= 0.6 is 0 Å². The zero-order chi connectivity index (χ0) is 10.6. The van der Waals surface area contributed by atoms with Crippen molar-refractivity contribution < 1.29 is 19.1 Å². The molecule has 0 aromatic carbocycles. The summed E-state index contributed by atoms with van der Waals surface area (Å²) in [6.07, 6.45) is 2.59. The summed E-state index contributed by atoms with van der Waals surface area (Å²) in [4.78, 5) is 22.8. The topological polar surface area (TPSA) is 52.6 Å². The average Bonchev–Trinajstić information content (AvgIpc) is 2.14. The molecule has 0 N–H and O–H groups in total. The van der Waals surface area contributed by atoms with E-state index in [-0.39, 0.29) is 24.8 Å². The number of allylic oxidation sites excluding steroid dienone is 2. The number of methoxy groups -OCH3 is 2. The van der Waals surface area contributed by atoms with Crippen LogP contribution in [-0.4, -0.2) is 39.0 Å². The van der Waals surface area contributed by atoms with Crippen LogP contribution in [0.5, 0.6) is 0 Å². The number of rotatable bonds is 4. The SMILES string of the molecule is COCC1=CC(=O)C=C(COC)C1=O. The van der Waals surface area contributed by atoms with Crippen molar-refractivity contribution in [3.05, 3.63) is 23.3 Å². The number of ketones is 2. The largest absolute Gasteiger partial charge is 0.380 e. The summed E-state index contributed by atoms with van der Waals surface area (Å²) in [5.41, 5.74) is 0.763. The van der Waals surface area contributed by atoms with Gasteiger partial charge in [-0.3, -0.25) is 9.59 Å². The predicted molar refractivity (Wildman–Crippen MR) is 49.9 cm³/mol. The summed E-state index contributed by atoms with van der Waals surface area (Å²) < 4.78 is 9.63. The highest BCUT2D eigenvalue weighted by atomic mass is 16.5. The van der Waals surface area contributed by atoms with Gasteiger partial charge < -0.3 is 9.47 Å². The van der Waals surface area contributed by atoms with Crippen molar-refractivity contribution in [1.82, 2.24) is 0 Å². The lowest BCUT2D eigenvalue weighted by Gasteiger charge is -2.11. The van der Waals surface area contributed by atoms with E-state index in [1.165, 1.54) is 26.4 Å². The molecule has 1 aliphatic rings. The molecule has 0 aromatic heterocycles. The van der Waals surface area contributed by atoms with E-state index >= 15 is 0 Å². The number of hydrogen-bond donors (Lipinski definition) is 0. The zero-order valence-corrected chi connectivity index (χ0v) is 8.20. The highest BCUT2D eigenvalue weighted by Crippen LogP contribution is 2.13. The summed E-state index contributed by atoms with van der Waals surface area (Å²) in [6, 6.07) is 0. The van der Waals surface area contributed by atoms with Crippen LogP contribution in [0.1, 0.15) is 0 Å². The number of ether oxygens (including phenoxy) is 2. The second kappa shape index (κ2) is 4.83. The fraction of sp³-hybridized carbons (Fsp3) is 0.400. The molecule has 76 valence electrons. The first-order chi connectivity index (χ1) is 6.69. The molecule has 0 spiro atoms. The second-order valence-electron chi connectivity index (χ2n) is 2.94. The van der Waals surface area contributed by atoms with Gasteiger partial charge in [0, 0.05) is 25.4 Å². The number of Topliss-reactive ketones (excluding diaryl/α,β-unsaturated/α-hetero) is 1. The van der Waals surface area contributed by atoms with E-state index in [1.807, 2.05) is 0 Å². The minimum Gasteiger partial charge on any atom is -0.380 e. The Morgan fingerprint density at radius 2 is 1.43 bits per heavy atom. The minimum absolute atomic E-state index is 0.158. The highest BCUT2D eigenvalue weighted by molar-refractivity contribution is 6.20. The van der Waals surface area contributed by atoms with E-state index in [9.17, 15) is 9.59 Å². The molecule has 0 atom stereocenters. The van der Waals surface area contributed by atoms with Crippen LogP contribution < -0.4 is 0 Å². The van der Waals surface area contributed by atoms with Crippen molar-refractivity contribution in [2.45, 2.75) is 0 Å². The molecule has 0 amide bonds. The molecule has 14 heavy (non-hydrogen) atoms. The molecular formula is C10H12O4. The number of carbonyl (C=O) groups excluding carboxylic acids is 2. The Morgan fingerprint density at radius 1 is 1.00 bits per heavy atom. The van der Waals surface area contributed by atoms with Gasteiger partial charge in [0.05, 0.1) is 13.2 Å². The van der Waals surface area contributed by atoms with E-state index in [1.54, 1.807) is 0 Å². The van der Waals surface area contributed by atoms with Gasteiger partial charge >= 0.3 is 0 Å². The van der Waals surface area contributed by atoms with Crippen LogP contribution in [-0.2, 0) is 19.1 Å². The molecule has 0 bridgehead atoms. The Morgan fingerprint density at radius 3 is 1.79 bits per heavy atom. The molecule has 0 saturated heterocycles. The Hall–Kier alpha value is -1.26. The van der Waals surface area contributed by atoms with Gasteiger partial charge in [-0.2, -0.15) is 0 Å². The maximum atomic E-state index is 11.6. The lowest BCUT2D eigenvalue weighted by Crippen LogP contribution is -2.20. The summed E-state index contributed by atoms with van der Waals surface area (Å²) in [5.74, 6) is -0.364. The standard InChI is InChI=1S/C10H12O4/c1-13-5-7-3-9(11)4-8(6-14-2)10(7)12/h3-4H,5-6H2,1-2H3. The average molecular weight is 196 g/mol. The van der Waals surface area contributed by atoms with Crippen molar-refractivity contribution >= 4 is 11.6 Å². The zero-order valence-electron chi connectivity index (χ0n) is 8.20. The Balaban J connectivity index is 2.83. The van der Waals surface area contributed by atoms with Crippen LogP contribution in [0.3, 0.4) is 0 Å². The maximum absolute atomic E-state index is 11.6. The summed E-state index contributed by atoms with van der Waals surface area (Å²) in [7, 11) is 2.96. The van der Waals surface area contributed by atoms with Crippen LogP contribution in [0.25, 0.3) is 0 Å². The third kappa shape index (κ3) is 2.37. The Bertz CT molecular complexity index is 284. The van der Waals surface area contributed by atoms with Crippen molar-refractivity contribution in [3.8, 4) is 0 Å². The van der Waals surface area contributed by atoms with Gasteiger partial charge in [-0.25, -0.2) is 0 Å². The molecule has 0 fully saturated rings. The molecule has 1 aliphatic carbocycles. The summed E-state index contributed by atoms with van der Waals surface area (Å²) in [5, 5.41) is 0. The highest BCUT2D eigenvalue weighted by Gasteiger charge is 2.20. The molecule has 1 rings (SSSR count). The van der Waals surface area contributed by atoms with Gasteiger partial charge in [0.1, 0.15) is 0 Å². The number of carbonyl (C=O) groups is 2. The van der Waals surface area contributed by atoms with Crippen molar-refractivity contribution in [1.29, 1.82) is 0 Å². The molecule has 0 radical (unpaired) electrons. The van der Waals surface area contributed by atoms with Crippen LogP contribution in [0.2, 0.25) is 0 Å². The molecule has 4 heteroatoms. The van der Waals surface area contributed by atoms with Crippen molar-refractivity contribution in [3.63, 3.8) is 0 Å². The van der Waals surface area contributed by atoms with Crippen molar-refractivity contribution in [2.75, 3.05) is 27.4 Å². The smallest absolute Gasteiger partial charge is 0.189 e. The molecule has 0 heterocycles. The fourth-order valence-corrected chi connectivity index (χ4v) is 1.25. The predicted octanol–water partition coefficient (Wildman–Crippen LogP) is 0.284. The third-order valence-corrected chi connectivity index (χ3v) is 1.82. The van der Waals surface area contributed by atoms with Gasteiger partial charge in [-0.15, -0.1) is 0 Å². The van der Waals surface area contributed by atoms with Crippen LogP contribution in [0.4, 0.5) is 0 Å². The van der Waals surface area contributed by atoms with E-state index in [4.69, 9.17) is 9.47 Å². The van der Waals surface area contributed by atoms with Gasteiger partial charge in [-0.1, -0.05) is 0 Å². The fourth-order valence-electron chi connectivity index (χ4n) is 1.25. The van der Waals surface area contributed by atoms with Gasteiger partial charge in [-0.05, 0) is 12.2 Å². The van der Waals surface area contributed by atoms with Gasteiger partial charge in [0.15, 0.2) is 11.6 Å². The monoisotopic (exact) mass is 196 g/mol. The van der Waals surface area contributed by atoms with Crippen LogP contribution in [0.15, 0.2) is 23.3 Å². The summed E-state index contributed by atoms with van der Waals surface area (Å²) >= 11 is 0. The lowest BCUT2D eigenvalue weighted by atomic mass is 9.97. The molecule has 0 aromatic rings. The molecular weight excluding hydrogens is 184 g/mol. The Labute approximate surface area is 82.2 Å². The van der Waals surface area contributed by atoms with E-state index in [0.29, 0.717) is 11.1 Å². The van der Waals surface area contributed by atoms with Crippen molar-refractivity contribution in [2.24, 2.45) is 0 Å². The molecule has 0 saturated carbocycles. The molecule has 0 unspecified atom stereocenters. The quantitative estimate of drug-likeness (QED) is 0.606.